The average molecular weight is 480 g/mol. The molecule has 0 spiro atoms. The van der Waals surface area contributed by atoms with Crippen LogP contribution in [0.1, 0.15) is 24.4 Å². The molecule has 2 amide bonds. The van der Waals surface area contributed by atoms with Crippen LogP contribution in [-0.2, 0) is 0 Å². The lowest BCUT2D eigenvalue weighted by Crippen LogP contribution is -2.46. The Morgan fingerprint density at radius 1 is 0.886 bits per heavy atom. The molecular formula is C25H16F4N4O2. The first-order valence-corrected chi connectivity index (χ1v) is 10.4. The molecule has 0 bridgehead atoms. The Morgan fingerprint density at radius 3 is 2.20 bits per heavy atom. The van der Waals surface area contributed by atoms with Gasteiger partial charge < -0.3 is 9.84 Å². The van der Waals surface area contributed by atoms with E-state index in [0.29, 0.717) is 22.4 Å². The summed E-state index contributed by atoms with van der Waals surface area (Å²) < 4.78 is 59.8. The van der Waals surface area contributed by atoms with Gasteiger partial charge in [-0.05, 0) is 61.0 Å². The summed E-state index contributed by atoms with van der Waals surface area (Å²) in [7, 11) is 0. The summed E-state index contributed by atoms with van der Waals surface area (Å²) in [5.41, 5.74) is 1.77. The molecule has 2 heterocycles. The van der Waals surface area contributed by atoms with Crippen molar-refractivity contribution in [1.82, 2.24) is 15.5 Å². The number of amides is 2. The van der Waals surface area contributed by atoms with Gasteiger partial charge in [0.1, 0.15) is 11.6 Å². The minimum atomic E-state index is -1.12. The molecule has 3 aromatic carbocycles. The van der Waals surface area contributed by atoms with Crippen LogP contribution in [0.4, 0.5) is 28.0 Å². The number of carbonyl (C=O) groups is 1. The Kier molecular flexibility index (Phi) is 5.56. The zero-order valence-corrected chi connectivity index (χ0v) is 18.1. The molecule has 4 aromatic rings. The molecule has 1 aromatic heterocycles. The monoisotopic (exact) mass is 480 g/mol. The maximum atomic E-state index is 14.0. The molecule has 10 heteroatoms. The van der Waals surface area contributed by atoms with Crippen LogP contribution in [0.15, 0.2) is 77.0 Å². The van der Waals surface area contributed by atoms with Crippen LogP contribution in [0.5, 0.6) is 0 Å². The fourth-order valence-corrected chi connectivity index (χ4v) is 3.91. The Hall–Kier alpha value is -4.47. The van der Waals surface area contributed by atoms with Gasteiger partial charge in [0.05, 0.1) is 17.3 Å². The molecule has 35 heavy (non-hydrogen) atoms. The van der Waals surface area contributed by atoms with Gasteiger partial charge in [0, 0.05) is 17.3 Å². The third-order valence-electron chi connectivity index (χ3n) is 5.61. The van der Waals surface area contributed by atoms with Gasteiger partial charge in [0.25, 0.3) is 5.89 Å². The van der Waals surface area contributed by atoms with Gasteiger partial charge in [0.15, 0.2) is 11.6 Å². The predicted molar refractivity (Wildman–Crippen MR) is 119 cm³/mol. The number of hydrogen-bond acceptors (Lipinski definition) is 4. The van der Waals surface area contributed by atoms with E-state index in [2.05, 4.69) is 15.5 Å². The second-order valence-corrected chi connectivity index (χ2v) is 7.80. The second-order valence-electron chi connectivity index (χ2n) is 7.80. The van der Waals surface area contributed by atoms with Gasteiger partial charge in [-0.25, -0.2) is 22.4 Å². The highest BCUT2D eigenvalue weighted by Crippen LogP contribution is 2.39. The summed E-state index contributed by atoms with van der Waals surface area (Å²) in [5, 5.41) is 6.75. The van der Waals surface area contributed by atoms with Gasteiger partial charge in [-0.3, -0.25) is 4.90 Å². The van der Waals surface area contributed by atoms with Crippen molar-refractivity contribution >= 4 is 17.3 Å². The van der Waals surface area contributed by atoms with E-state index < -0.39 is 35.3 Å². The number of carbonyl (C=O) groups excluding carboxylic acids is 1. The summed E-state index contributed by atoms with van der Waals surface area (Å²) in [4.78, 5) is 18.6. The lowest BCUT2D eigenvalue weighted by Gasteiger charge is -2.35. The highest BCUT2D eigenvalue weighted by Gasteiger charge is 2.36. The van der Waals surface area contributed by atoms with Crippen molar-refractivity contribution < 1.29 is 26.9 Å². The number of halogens is 4. The Balaban J connectivity index is 1.65. The lowest BCUT2D eigenvalue weighted by atomic mass is 9.94. The van der Waals surface area contributed by atoms with Crippen LogP contribution in [0, 0.1) is 23.3 Å². The molecule has 6 nitrogen and oxygen atoms in total. The van der Waals surface area contributed by atoms with Crippen LogP contribution < -0.4 is 10.2 Å². The van der Waals surface area contributed by atoms with Gasteiger partial charge in [0.2, 0.25) is 5.82 Å². The molecule has 1 N–H and O–H groups in total. The average Bonchev–Trinajstić information content (AvgIpc) is 3.31. The summed E-state index contributed by atoms with van der Waals surface area (Å²) in [6, 6.07) is 12.6. The third kappa shape index (κ3) is 4.14. The molecule has 0 radical (unpaired) electrons. The highest BCUT2D eigenvalue weighted by molar-refractivity contribution is 6.01. The first kappa shape index (κ1) is 22.3. The number of anilines is 1. The van der Waals surface area contributed by atoms with E-state index >= 15 is 0 Å². The van der Waals surface area contributed by atoms with Gasteiger partial charge in [-0.1, -0.05) is 17.3 Å². The van der Waals surface area contributed by atoms with Gasteiger partial charge in [-0.2, -0.15) is 4.98 Å². The van der Waals surface area contributed by atoms with E-state index in [4.69, 9.17) is 4.52 Å². The van der Waals surface area contributed by atoms with E-state index in [1.165, 1.54) is 54.6 Å². The number of nitrogens with zero attached hydrogens (tertiary/aromatic N) is 3. The van der Waals surface area contributed by atoms with E-state index in [-0.39, 0.29) is 17.4 Å². The normalized spacial score (nSPS) is 16.0. The van der Waals surface area contributed by atoms with Gasteiger partial charge in [-0.15, -0.1) is 0 Å². The molecule has 176 valence electrons. The minimum Gasteiger partial charge on any atom is -0.334 e. The predicted octanol–water partition coefficient (Wildman–Crippen LogP) is 6.00. The Morgan fingerprint density at radius 2 is 1.54 bits per heavy atom. The second kappa shape index (κ2) is 8.71. The van der Waals surface area contributed by atoms with Crippen molar-refractivity contribution in [2.45, 2.75) is 13.0 Å². The molecule has 0 aliphatic carbocycles. The molecule has 0 fully saturated rings. The quantitative estimate of drug-likeness (QED) is 0.364. The summed E-state index contributed by atoms with van der Waals surface area (Å²) in [6.07, 6.45) is 0. The molecule has 1 aliphatic heterocycles. The fraction of sp³-hybridized carbons (Fsp3) is 0.0800. The number of allylic oxidation sites excluding steroid dienone is 1. The minimum absolute atomic E-state index is 0.0312. The van der Waals surface area contributed by atoms with Crippen LogP contribution in [0.3, 0.4) is 0 Å². The summed E-state index contributed by atoms with van der Waals surface area (Å²) >= 11 is 0. The highest BCUT2D eigenvalue weighted by atomic mass is 19.2. The molecule has 0 saturated carbocycles. The zero-order valence-electron chi connectivity index (χ0n) is 18.1. The largest absolute Gasteiger partial charge is 0.334 e. The molecule has 1 unspecified atom stereocenters. The maximum Gasteiger partial charge on any atom is 0.327 e. The number of hydrogen-bond donors (Lipinski definition) is 1. The van der Waals surface area contributed by atoms with Gasteiger partial charge >= 0.3 is 6.03 Å². The SMILES string of the molecule is CC1=C(c2nc(-c3ccc(F)cc3)no2)C(c2ccc(F)cc2)NC(=O)N1c1ccc(F)c(F)c1. The Labute approximate surface area is 196 Å². The molecule has 5 rings (SSSR count). The smallest absolute Gasteiger partial charge is 0.327 e. The van der Waals surface area contributed by atoms with Crippen LogP contribution >= 0.6 is 0 Å². The van der Waals surface area contributed by atoms with E-state index in [9.17, 15) is 22.4 Å². The fourth-order valence-electron chi connectivity index (χ4n) is 3.91. The number of urea groups is 1. The van der Waals surface area contributed by atoms with Crippen molar-refractivity contribution in [3.8, 4) is 11.4 Å². The van der Waals surface area contributed by atoms with Crippen molar-refractivity contribution in [1.29, 1.82) is 0 Å². The summed E-state index contributed by atoms with van der Waals surface area (Å²) in [5.74, 6) is -2.86. The van der Waals surface area contributed by atoms with E-state index in [1.807, 2.05) is 0 Å². The van der Waals surface area contributed by atoms with Crippen LogP contribution in [0.25, 0.3) is 17.0 Å². The Bertz CT molecular complexity index is 1450. The number of benzene rings is 3. The first-order chi connectivity index (χ1) is 16.8. The maximum absolute atomic E-state index is 14.0. The van der Waals surface area contributed by atoms with E-state index in [1.54, 1.807) is 6.92 Å². The molecular weight excluding hydrogens is 464 g/mol. The zero-order chi connectivity index (χ0) is 24.7. The van der Waals surface area contributed by atoms with Crippen molar-refractivity contribution in [2.75, 3.05) is 4.90 Å². The molecule has 1 aliphatic rings. The number of nitrogens with one attached hydrogen (secondary N) is 1. The van der Waals surface area contributed by atoms with Crippen molar-refractivity contribution in [3.63, 3.8) is 0 Å². The van der Waals surface area contributed by atoms with E-state index in [0.717, 1.165) is 17.0 Å². The summed E-state index contributed by atoms with van der Waals surface area (Å²) in [6.45, 7) is 1.59. The molecule has 0 saturated heterocycles. The molecule has 1 atom stereocenters. The van der Waals surface area contributed by atoms with Crippen LogP contribution in [0.2, 0.25) is 0 Å². The number of rotatable bonds is 4. The van der Waals surface area contributed by atoms with Crippen molar-refractivity contribution in [3.05, 3.63) is 107 Å². The third-order valence-corrected chi connectivity index (χ3v) is 5.61. The number of aromatic nitrogens is 2. The topological polar surface area (TPSA) is 71.3 Å². The first-order valence-electron chi connectivity index (χ1n) is 10.4. The van der Waals surface area contributed by atoms with Crippen LogP contribution in [-0.4, -0.2) is 16.2 Å². The lowest BCUT2D eigenvalue weighted by molar-refractivity contribution is 0.244. The van der Waals surface area contributed by atoms with Crippen molar-refractivity contribution in [2.24, 2.45) is 0 Å². The standard InChI is InChI=1S/C25H16F4N4O2/c1-13-21(24-31-23(32-35-24)15-4-8-17(27)9-5-15)22(14-2-6-16(26)7-3-14)30-25(34)33(13)18-10-11-19(28)20(29)12-18/h2-12,22H,1H3,(H,30,34).